The minimum atomic E-state index is 0.462. The first-order valence-electron chi connectivity index (χ1n) is 4.51. The lowest BCUT2D eigenvalue weighted by molar-refractivity contribution is 0.345. The molecule has 0 aromatic carbocycles. The van der Waals surface area contributed by atoms with E-state index >= 15 is 0 Å². The highest BCUT2D eigenvalue weighted by Gasteiger charge is 2.33. The molecule has 3 heteroatoms. The van der Waals surface area contributed by atoms with E-state index in [-0.39, 0.29) is 0 Å². The molecule has 2 N–H and O–H groups in total. The second kappa shape index (κ2) is 3.33. The fourth-order valence-electron chi connectivity index (χ4n) is 1.86. The van der Waals surface area contributed by atoms with Gasteiger partial charge in [0.25, 0.3) is 0 Å². The van der Waals surface area contributed by atoms with Crippen LogP contribution in [-0.2, 0) is 0 Å². The van der Waals surface area contributed by atoms with E-state index in [4.69, 9.17) is 0 Å². The molecule has 0 saturated carbocycles. The van der Waals surface area contributed by atoms with Crippen LogP contribution in [0, 0.1) is 0 Å². The average molecular weight is 172 g/mol. The molecule has 2 aliphatic heterocycles. The van der Waals surface area contributed by atoms with Gasteiger partial charge in [0, 0.05) is 0 Å². The van der Waals surface area contributed by atoms with Crippen molar-refractivity contribution in [2.24, 2.45) is 0 Å². The summed E-state index contributed by atoms with van der Waals surface area (Å²) >= 11 is 2.14. The number of thioether (sulfide) groups is 1. The summed E-state index contributed by atoms with van der Waals surface area (Å²) in [5.74, 6) is 1.35. The van der Waals surface area contributed by atoms with Crippen molar-refractivity contribution in [3.05, 3.63) is 0 Å². The lowest BCUT2D eigenvalue weighted by atomic mass is 10.1. The van der Waals surface area contributed by atoms with Crippen LogP contribution in [0.15, 0.2) is 0 Å². The molecule has 2 aliphatic rings. The standard InChI is InChI=1S/C8H16N2S/c1-4-10-8(11-7-1)2-5-9-6-3-8/h9-10H,1-7H2. The van der Waals surface area contributed by atoms with Gasteiger partial charge in [-0.25, -0.2) is 0 Å². The molecule has 0 aromatic heterocycles. The Morgan fingerprint density at radius 3 is 2.55 bits per heavy atom. The monoisotopic (exact) mass is 172 g/mol. The van der Waals surface area contributed by atoms with E-state index in [0.717, 1.165) is 0 Å². The summed E-state index contributed by atoms with van der Waals surface area (Å²) < 4.78 is 0. The number of hydrogen-bond acceptors (Lipinski definition) is 3. The van der Waals surface area contributed by atoms with E-state index in [2.05, 4.69) is 22.4 Å². The number of piperidine rings is 1. The molecule has 2 fully saturated rings. The third-order valence-electron chi connectivity index (χ3n) is 2.56. The summed E-state index contributed by atoms with van der Waals surface area (Å²) in [7, 11) is 0. The highest BCUT2D eigenvalue weighted by atomic mass is 32.2. The van der Waals surface area contributed by atoms with Crippen molar-refractivity contribution in [1.29, 1.82) is 0 Å². The molecule has 0 aromatic rings. The van der Waals surface area contributed by atoms with Crippen molar-refractivity contribution in [2.75, 3.05) is 25.4 Å². The van der Waals surface area contributed by atoms with Crippen molar-refractivity contribution in [2.45, 2.75) is 24.1 Å². The van der Waals surface area contributed by atoms with Gasteiger partial charge in [-0.3, -0.25) is 0 Å². The van der Waals surface area contributed by atoms with Gasteiger partial charge in [0.05, 0.1) is 4.87 Å². The Labute approximate surface area is 72.5 Å². The summed E-state index contributed by atoms with van der Waals surface area (Å²) in [6, 6.07) is 0. The van der Waals surface area contributed by atoms with E-state index in [0.29, 0.717) is 4.87 Å². The second-order valence-corrected chi connectivity index (χ2v) is 4.85. The first-order valence-corrected chi connectivity index (χ1v) is 5.50. The van der Waals surface area contributed by atoms with Crippen LogP contribution in [0.2, 0.25) is 0 Å². The Bertz CT molecular complexity index is 107. The molecule has 64 valence electrons. The highest BCUT2D eigenvalue weighted by Crippen LogP contribution is 2.34. The van der Waals surface area contributed by atoms with E-state index in [1.807, 2.05) is 0 Å². The molecule has 1 spiro atoms. The molecule has 0 atom stereocenters. The molecule has 2 heterocycles. The zero-order chi connectivity index (χ0) is 7.57. The minimum Gasteiger partial charge on any atom is -0.317 e. The van der Waals surface area contributed by atoms with Gasteiger partial charge in [0.1, 0.15) is 0 Å². The normalized spacial score (nSPS) is 30.5. The van der Waals surface area contributed by atoms with Crippen molar-refractivity contribution >= 4 is 11.8 Å². The largest absolute Gasteiger partial charge is 0.317 e. The Hall–Kier alpha value is 0.270. The Balaban J connectivity index is 1.94. The minimum absolute atomic E-state index is 0.462. The summed E-state index contributed by atoms with van der Waals surface area (Å²) in [5, 5.41) is 7.06. The lowest BCUT2D eigenvalue weighted by Gasteiger charge is -2.40. The van der Waals surface area contributed by atoms with Gasteiger partial charge >= 0.3 is 0 Å². The maximum absolute atomic E-state index is 3.66. The van der Waals surface area contributed by atoms with Crippen molar-refractivity contribution in [3.8, 4) is 0 Å². The van der Waals surface area contributed by atoms with E-state index in [1.165, 1.54) is 44.6 Å². The molecule has 0 aliphatic carbocycles. The van der Waals surface area contributed by atoms with Crippen molar-refractivity contribution < 1.29 is 0 Å². The highest BCUT2D eigenvalue weighted by molar-refractivity contribution is 8.00. The first-order chi connectivity index (χ1) is 5.41. The zero-order valence-electron chi connectivity index (χ0n) is 6.86. The van der Waals surface area contributed by atoms with Crippen LogP contribution >= 0.6 is 11.8 Å². The van der Waals surface area contributed by atoms with E-state index < -0.39 is 0 Å². The van der Waals surface area contributed by atoms with Gasteiger partial charge in [-0.05, 0) is 44.6 Å². The third-order valence-corrected chi connectivity index (χ3v) is 4.16. The summed E-state index contributed by atoms with van der Waals surface area (Å²) in [4.78, 5) is 0.462. The summed E-state index contributed by atoms with van der Waals surface area (Å²) in [5.41, 5.74) is 0. The predicted octanol–water partition coefficient (Wildman–Crippen LogP) is 0.793. The Kier molecular flexibility index (Phi) is 2.39. The van der Waals surface area contributed by atoms with E-state index in [9.17, 15) is 0 Å². The van der Waals surface area contributed by atoms with Crippen LogP contribution < -0.4 is 10.6 Å². The van der Waals surface area contributed by atoms with Gasteiger partial charge in [-0.2, -0.15) is 0 Å². The van der Waals surface area contributed by atoms with Gasteiger partial charge in [0.2, 0.25) is 0 Å². The zero-order valence-corrected chi connectivity index (χ0v) is 7.67. The van der Waals surface area contributed by atoms with Crippen LogP contribution in [0.5, 0.6) is 0 Å². The summed E-state index contributed by atoms with van der Waals surface area (Å²) in [6.07, 6.45) is 3.95. The maximum atomic E-state index is 3.66. The number of nitrogens with one attached hydrogen (secondary N) is 2. The fourth-order valence-corrected chi connectivity index (χ4v) is 3.23. The molecular weight excluding hydrogens is 156 g/mol. The maximum Gasteiger partial charge on any atom is 0.0669 e. The smallest absolute Gasteiger partial charge is 0.0669 e. The van der Waals surface area contributed by atoms with Gasteiger partial charge in [-0.15, -0.1) is 11.8 Å². The van der Waals surface area contributed by atoms with Gasteiger partial charge in [0.15, 0.2) is 0 Å². The van der Waals surface area contributed by atoms with Crippen LogP contribution in [-0.4, -0.2) is 30.3 Å². The average Bonchev–Trinajstić information content (AvgIpc) is 2.07. The fraction of sp³-hybridized carbons (Fsp3) is 1.00. The molecule has 11 heavy (non-hydrogen) atoms. The predicted molar refractivity (Wildman–Crippen MR) is 49.9 cm³/mol. The van der Waals surface area contributed by atoms with E-state index in [1.54, 1.807) is 0 Å². The van der Waals surface area contributed by atoms with Gasteiger partial charge in [-0.1, -0.05) is 0 Å². The first kappa shape index (κ1) is 7.90. The molecule has 0 amide bonds. The molecule has 2 nitrogen and oxygen atoms in total. The quantitative estimate of drug-likeness (QED) is 0.565. The molecule has 0 radical (unpaired) electrons. The van der Waals surface area contributed by atoms with Crippen molar-refractivity contribution in [3.63, 3.8) is 0 Å². The van der Waals surface area contributed by atoms with Gasteiger partial charge < -0.3 is 10.6 Å². The Morgan fingerprint density at radius 1 is 1.09 bits per heavy atom. The lowest BCUT2D eigenvalue weighted by Crippen LogP contribution is -2.52. The number of hydrogen-bond donors (Lipinski definition) is 2. The molecule has 0 bridgehead atoms. The third kappa shape index (κ3) is 1.71. The molecule has 0 unspecified atom stereocenters. The number of rotatable bonds is 0. The second-order valence-electron chi connectivity index (χ2n) is 3.37. The molecule has 2 rings (SSSR count). The van der Waals surface area contributed by atoms with Crippen LogP contribution in [0.25, 0.3) is 0 Å². The topological polar surface area (TPSA) is 24.1 Å². The van der Waals surface area contributed by atoms with Crippen LogP contribution in [0.3, 0.4) is 0 Å². The SMILES string of the molecule is C1CNC2(CCNCC2)SC1. The molecular formula is C8H16N2S. The van der Waals surface area contributed by atoms with Crippen molar-refractivity contribution in [1.82, 2.24) is 10.6 Å². The Morgan fingerprint density at radius 2 is 1.91 bits per heavy atom. The van der Waals surface area contributed by atoms with Crippen LogP contribution in [0.4, 0.5) is 0 Å². The summed E-state index contributed by atoms with van der Waals surface area (Å²) in [6.45, 7) is 3.62. The van der Waals surface area contributed by atoms with Crippen LogP contribution in [0.1, 0.15) is 19.3 Å². The molecule has 2 saturated heterocycles.